The lowest BCUT2D eigenvalue weighted by Gasteiger charge is -2.17. The van der Waals surface area contributed by atoms with Crippen molar-refractivity contribution in [2.75, 3.05) is 0 Å². The fourth-order valence-corrected chi connectivity index (χ4v) is 1.23. The van der Waals surface area contributed by atoms with E-state index in [0.29, 0.717) is 5.69 Å². The first-order chi connectivity index (χ1) is 7.50. The Balaban J connectivity index is 2.52. The molecule has 6 nitrogen and oxygen atoms in total. The Morgan fingerprint density at radius 3 is 2.69 bits per heavy atom. The van der Waals surface area contributed by atoms with Crippen molar-refractivity contribution in [3.63, 3.8) is 0 Å². The van der Waals surface area contributed by atoms with Gasteiger partial charge in [0.1, 0.15) is 12.3 Å². The zero-order chi connectivity index (χ0) is 12.1. The van der Waals surface area contributed by atoms with Crippen molar-refractivity contribution in [1.29, 1.82) is 0 Å². The second-order valence-electron chi connectivity index (χ2n) is 3.79. The maximum atomic E-state index is 11.5. The summed E-state index contributed by atoms with van der Waals surface area (Å²) < 4.78 is 4.57. The number of nitrogens with zero attached hydrogens (tertiary/aromatic N) is 1. The molecular formula is C10H14N2O4. The fourth-order valence-electron chi connectivity index (χ4n) is 1.23. The van der Waals surface area contributed by atoms with Crippen LogP contribution in [0.15, 0.2) is 16.9 Å². The predicted molar refractivity (Wildman–Crippen MR) is 54.6 cm³/mol. The van der Waals surface area contributed by atoms with Gasteiger partial charge in [-0.1, -0.05) is 19.0 Å². The molecule has 16 heavy (non-hydrogen) atoms. The van der Waals surface area contributed by atoms with E-state index in [1.54, 1.807) is 19.9 Å². The van der Waals surface area contributed by atoms with Crippen LogP contribution in [0.4, 0.5) is 0 Å². The van der Waals surface area contributed by atoms with Crippen molar-refractivity contribution in [2.45, 2.75) is 26.3 Å². The molecule has 1 aromatic heterocycles. The minimum Gasteiger partial charge on any atom is -0.480 e. The monoisotopic (exact) mass is 226 g/mol. The number of hydrogen-bond donors (Lipinski definition) is 2. The van der Waals surface area contributed by atoms with Gasteiger partial charge in [0.05, 0.1) is 12.1 Å². The van der Waals surface area contributed by atoms with Crippen molar-refractivity contribution < 1.29 is 19.2 Å². The van der Waals surface area contributed by atoms with Crippen molar-refractivity contribution in [2.24, 2.45) is 5.92 Å². The molecule has 0 aliphatic carbocycles. The lowest BCUT2D eigenvalue weighted by atomic mass is 10.0. The summed E-state index contributed by atoms with van der Waals surface area (Å²) >= 11 is 0. The molecule has 0 fully saturated rings. The Kier molecular flexibility index (Phi) is 4.04. The number of amides is 1. The van der Waals surface area contributed by atoms with Crippen molar-refractivity contribution in [3.8, 4) is 0 Å². The van der Waals surface area contributed by atoms with Gasteiger partial charge in [-0.15, -0.1) is 0 Å². The molecule has 0 aliphatic heterocycles. The highest BCUT2D eigenvalue weighted by atomic mass is 16.5. The average Bonchev–Trinajstić information content (AvgIpc) is 2.65. The highest BCUT2D eigenvalue weighted by molar-refractivity contribution is 5.84. The SMILES string of the molecule is CC(C)C(NC(=O)Cc1ccon1)C(=O)O. The number of aliphatic carboxylic acids is 1. The number of carbonyl (C=O) groups excluding carboxylic acids is 1. The predicted octanol–water partition coefficient (Wildman–Crippen LogP) is 0.442. The summed E-state index contributed by atoms with van der Waals surface area (Å²) in [7, 11) is 0. The van der Waals surface area contributed by atoms with E-state index in [2.05, 4.69) is 15.0 Å². The van der Waals surface area contributed by atoms with E-state index in [-0.39, 0.29) is 18.2 Å². The molecule has 1 unspecified atom stereocenters. The summed E-state index contributed by atoms with van der Waals surface area (Å²) in [4.78, 5) is 22.3. The molecular weight excluding hydrogens is 212 g/mol. The third kappa shape index (κ3) is 3.38. The molecule has 0 saturated carbocycles. The minimum absolute atomic E-state index is 0.0208. The molecule has 1 rings (SSSR count). The summed E-state index contributed by atoms with van der Waals surface area (Å²) in [6.45, 7) is 3.46. The van der Waals surface area contributed by atoms with Crippen molar-refractivity contribution in [3.05, 3.63) is 18.0 Å². The van der Waals surface area contributed by atoms with Gasteiger partial charge in [0, 0.05) is 6.07 Å². The van der Waals surface area contributed by atoms with E-state index >= 15 is 0 Å². The van der Waals surface area contributed by atoms with Crippen LogP contribution in [0.1, 0.15) is 19.5 Å². The lowest BCUT2D eigenvalue weighted by molar-refractivity contribution is -0.143. The molecule has 0 aliphatic rings. The van der Waals surface area contributed by atoms with Crippen LogP contribution in [0.2, 0.25) is 0 Å². The fraction of sp³-hybridized carbons (Fsp3) is 0.500. The van der Waals surface area contributed by atoms with Gasteiger partial charge in [-0.3, -0.25) is 4.79 Å². The van der Waals surface area contributed by atoms with Crippen molar-refractivity contribution >= 4 is 11.9 Å². The van der Waals surface area contributed by atoms with Gasteiger partial charge in [0.2, 0.25) is 5.91 Å². The van der Waals surface area contributed by atoms with E-state index in [1.165, 1.54) is 6.26 Å². The van der Waals surface area contributed by atoms with E-state index in [9.17, 15) is 9.59 Å². The number of rotatable bonds is 5. The van der Waals surface area contributed by atoms with Crippen LogP contribution in [0.3, 0.4) is 0 Å². The van der Waals surface area contributed by atoms with Crippen LogP contribution < -0.4 is 5.32 Å². The number of carbonyl (C=O) groups is 2. The second kappa shape index (κ2) is 5.29. The zero-order valence-corrected chi connectivity index (χ0v) is 9.14. The van der Waals surface area contributed by atoms with Gasteiger partial charge < -0.3 is 14.9 Å². The average molecular weight is 226 g/mol. The molecule has 2 N–H and O–H groups in total. The molecule has 88 valence electrons. The summed E-state index contributed by atoms with van der Waals surface area (Å²) in [6.07, 6.45) is 1.38. The summed E-state index contributed by atoms with van der Waals surface area (Å²) in [5.74, 6) is -1.59. The standard InChI is InChI=1S/C10H14N2O4/c1-6(2)9(10(14)15)11-8(13)5-7-3-4-16-12-7/h3-4,6,9H,5H2,1-2H3,(H,11,13)(H,14,15). The normalized spacial score (nSPS) is 12.4. The van der Waals surface area contributed by atoms with Gasteiger partial charge in [-0.05, 0) is 5.92 Å². The van der Waals surface area contributed by atoms with Crippen LogP contribution in [0.25, 0.3) is 0 Å². The quantitative estimate of drug-likeness (QED) is 0.760. The van der Waals surface area contributed by atoms with Crippen LogP contribution >= 0.6 is 0 Å². The van der Waals surface area contributed by atoms with E-state index in [0.717, 1.165) is 0 Å². The minimum atomic E-state index is -1.04. The molecule has 1 heterocycles. The van der Waals surface area contributed by atoms with Gasteiger partial charge >= 0.3 is 5.97 Å². The van der Waals surface area contributed by atoms with Crippen LogP contribution in [0, 0.1) is 5.92 Å². The zero-order valence-electron chi connectivity index (χ0n) is 9.14. The first kappa shape index (κ1) is 12.2. The highest BCUT2D eigenvalue weighted by Crippen LogP contribution is 2.03. The second-order valence-corrected chi connectivity index (χ2v) is 3.79. The molecule has 1 aromatic rings. The van der Waals surface area contributed by atoms with Crippen LogP contribution in [-0.4, -0.2) is 28.2 Å². The molecule has 0 radical (unpaired) electrons. The topological polar surface area (TPSA) is 92.4 Å². The number of carboxylic acid groups (broad SMARTS) is 1. The van der Waals surface area contributed by atoms with Gasteiger partial charge in [0.15, 0.2) is 0 Å². The van der Waals surface area contributed by atoms with Gasteiger partial charge in [-0.25, -0.2) is 4.79 Å². The van der Waals surface area contributed by atoms with E-state index in [4.69, 9.17) is 5.11 Å². The van der Waals surface area contributed by atoms with Crippen LogP contribution in [-0.2, 0) is 16.0 Å². The third-order valence-corrected chi connectivity index (χ3v) is 2.08. The van der Waals surface area contributed by atoms with Gasteiger partial charge in [0.25, 0.3) is 0 Å². The Labute approximate surface area is 92.6 Å². The molecule has 1 amide bonds. The molecule has 1 atom stereocenters. The summed E-state index contributed by atoms with van der Waals surface area (Å²) in [5, 5.41) is 14.9. The smallest absolute Gasteiger partial charge is 0.326 e. The number of carboxylic acids is 1. The highest BCUT2D eigenvalue weighted by Gasteiger charge is 2.23. The largest absolute Gasteiger partial charge is 0.480 e. The van der Waals surface area contributed by atoms with E-state index in [1.807, 2.05) is 0 Å². The first-order valence-corrected chi connectivity index (χ1v) is 4.92. The Morgan fingerprint density at radius 1 is 1.56 bits per heavy atom. The number of nitrogens with one attached hydrogen (secondary N) is 1. The molecule has 6 heteroatoms. The maximum Gasteiger partial charge on any atom is 0.326 e. The third-order valence-electron chi connectivity index (χ3n) is 2.08. The Morgan fingerprint density at radius 2 is 2.25 bits per heavy atom. The maximum absolute atomic E-state index is 11.5. The molecule has 0 spiro atoms. The molecule has 0 aromatic carbocycles. The Bertz CT molecular complexity index is 359. The van der Waals surface area contributed by atoms with Crippen LogP contribution in [0.5, 0.6) is 0 Å². The number of aromatic nitrogens is 1. The van der Waals surface area contributed by atoms with E-state index < -0.39 is 12.0 Å². The first-order valence-electron chi connectivity index (χ1n) is 4.92. The summed E-state index contributed by atoms with van der Waals surface area (Å²) in [6, 6.07) is 0.685. The van der Waals surface area contributed by atoms with Gasteiger partial charge in [-0.2, -0.15) is 0 Å². The lowest BCUT2D eigenvalue weighted by Crippen LogP contribution is -2.44. The number of hydrogen-bond acceptors (Lipinski definition) is 4. The molecule has 0 bridgehead atoms. The van der Waals surface area contributed by atoms with Crippen molar-refractivity contribution in [1.82, 2.24) is 10.5 Å². The Hall–Kier alpha value is -1.85. The summed E-state index contributed by atoms with van der Waals surface area (Å²) in [5.41, 5.74) is 0.477. The molecule has 0 saturated heterocycles.